The van der Waals surface area contributed by atoms with Gasteiger partial charge in [-0.05, 0) is 19.1 Å². The summed E-state index contributed by atoms with van der Waals surface area (Å²) in [7, 11) is 0. The van der Waals surface area contributed by atoms with E-state index in [0.717, 1.165) is 0 Å². The van der Waals surface area contributed by atoms with Crippen molar-refractivity contribution >= 4 is 17.3 Å². The molecule has 0 atom stereocenters. The van der Waals surface area contributed by atoms with Gasteiger partial charge in [-0.2, -0.15) is 0 Å². The summed E-state index contributed by atoms with van der Waals surface area (Å²) in [6, 6.07) is 11.4. The van der Waals surface area contributed by atoms with Crippen molar-refractivity contribution in [1.82, 2.24) is 0 Å². The monoisotopic (exact) mass is 255 g/mol. The second kappa shape index (κ2) is 4.94. The molecule has 2 aromatic carbocycles. The van der Waals surface area contributed by atoms with Crippen LogP contribution in [0.1, 0.15) is 33.2 Å². The fraction of sp³-hybridized carbons (Fsp3) is 0.0667. The Morgan fingerprint density at radius 2 is 1.68 bits per heavy atom. The Hall–Kier alpha value is -2.62. The van der Waals surface area contributed by atoms with Gasteiger partial charge in [0.1, 0.15) is 5.75 Å². The maximum absolute atomic E-state index is 12.2. The lowest BCUT2D eigenvalue weighted by molar-refractivity contribution is 0.101. The number of anilines is 1. The van der Waals surface area contributed by atoms with E-state index in [1.807, 2.05) is 0 Å². The summed E-state index contributed by atoms with van der Waals surface area (Å²) in [6.45, 7) is 1.29. The van der Waals surface area contributed by atoms with Gasteiger partial charge in [-0.3, -0.25) is 9.59 Å². The molecule has 2 aromatic rings. The van der Waals surface area contributed by atoms with Crippen LogP contribution in [0.2, 0.25) is 0 Å². The van der Waals surface area contributed by atoms with Crippen LogP contribution in [0, 0.1) is 0 Å². The zero-order valence-electron chi connectivity index (χ0n) is 10.4. The number of carbonyl (C=O) groups is 2. The maximum Gasteiger partial charge on any atom is 0.196 e. The molecule has 0 amide bonds. The number of phenolic OH excluding ortho intramolecular Hbond substituents is 1. The predicted molar refractivity (Wildman–Crippen MR) is 72.4 cm³/mol. The lowest BCUT2D eigenvalue weighted by Gasteiger charge is -2.09. The lowest BCUT2D eigenvalue weighted by Crippen LogP contribution is -2.07. The van der Waals surface area contributed by atoms with Crippen LogP contribution >= 0.6 is 0 Å². The highest BCUT2D eigenvalue weighted by molar-refractivity contribution is 6.14. The average molecular weight is 255 g/mol. The quantitative estimate of drug-likeness (QED) is 0.652. The van der Waals surface area contributed by atoms with E-state index in [-0.39, 0.29) is 34.1 Å². The number of phenols is 1. The van der Waals surface area contributed by atoms with Crippen LogP contribution in [0.4, 0.5) is 5.69 Å². The smallest absolute Gasteiger partial charge is 0.196 e. The zero-order valence-corrected chi connectivity index (χ0v) is 10.4. The number of nitrogens with two attached hydrogens (primary N) is 1. The minimum atomic E-state index is -0.377. The van der Waals surface area contributed by atoms with Gasteiger partial charge in [-0.25, -0.2) is 0 Å². The van der Waals surface area contributed by atoms with Gasteiger partial charge in [-0.15, -0.1) is 0 Å². The van der Waals surface area contributed by atoms with Crippen LogP contribution in [-0.2, 0) is 0 Å². The Bertz CT molecular complexity index is 648. The lowest BCUT2D eigenvalue weighted by atomic mass is 9.97. The highest BCUT2D eigenvalue weighted by Gasteiger charge is 2.20. The third-order valence-electron chi connectivity index (χ3n) is 2.84. The van der Waals surface area contributed by atoms with Crippen molar-refractivity contribution in [3.8, 4) is 5.75 Å². The second-order valence-electron chi connectivity index (χ2n) is 4.18. The molecule has 0 fully saturated rings. The van der Waals surface area contributed by atoms with Crippen LogP contribution in [0.5, 0.6) is 5.75 Å². The summed E-state index contributed by atoms with van der Waals surface area (Å²) < 4.78 is 0. The standard InChI is InChI=1S/C15H13NO3/c1-9(17)13-12(16)8-7-11(15(13)19)14(18)10-5-3-2-4-6-10/h2-8,19H,16H2,1H3. The van der Waals surface area contributed by atoms with Crippen molar-refractivity contribution in [2.24, 2.45) is 0 Å². The molecule has 0 saturated carbocycles. The van der Waals surface area contributed by atoms with Crippen molar-refractivity contribution in [3.05, 3.63) is 59.2 Å². The summed E-state index contributed by atoms with van der Waals surface area (Å²) in [5.41, 5.74) is 6.30. The predicted octanol–water partition coefficient (Wildman–Crippen LogP) is 2.41. The van der Waals surface area contributed by atoms with Gasteiger partial charge in [0, 0.05) is 11.3 Å². The summed E-state index contributed by atoms with van der Waals surface area (Å²) in [5, 5.41) is 10.1. The highest BCUT2D eigenvalue weighted by Crippen LogP contribution is 2.29. The molecule has 2 rings (SSSR count). The first-order valence-corrected chi connectivity index (χ1v) is 5.74. The Morgan fingerprint density at radius 1 is 1.05 bits per heavy atom. The van der Waals surface area contributed by atoms with E-state index in [4.69, 9.17) is 5.73 Å². The normalized spacial score (nSPS) is 10.2. The molecule has 0 aliphatic heterocycles. The van der Waals surface area contributed by atoms with Crippen molar-refractivity contribution in [2.45, 2.75) is 6.92 Å². The number of benzene rings is 2. The van der Waals surface area contributed by atoms with Gasteiger partial charge in [0.25, 0.3) is 0 Å². The SMILES string of the molecule is CC(=O)c1c(N)ccc(C(=O)c2ccccc2)c1O. The van der Waals surface area contributed by atoms with Gasteiger partial charge < -0.3 is 10.8 Å². The summed E-state index contributed by atoms with van der Waals surface area (Å²) in [6.07, 6.45) is 0. The third kappa shape index (κ3) is 2.33. The minimum absolute atomic E-state index is 0.0122. The fourth-order valence-electron chi connectivity index (χ4n) is 1.91. The number of nitrogen functional groups attached to an aromatic ring is 1. The zero-order chi connectivity index (χ0) is 14.0. The molecule has 4 nitrogen and oxygen atoms in total. The topological polar surface area (TPSA) is 80.4 Å². The van der Waals surface area contributed by atoms with Crippen LogP contribution in [0.15, 0.2) is 42.5 Å². The molecule has 19 heavy (non-hydrogen) atoms. The first-order chi connectivity index (χ1) is 9.02. The molecular weight excluding hydrogens is 242 g/mol. The highest BCUT2D eigenvalue weighted by atomic mass is 16.3. The third-order valence-corrected chi connectivity index (χ3v) is 2.84. The van der Waals surface area contributed by atoms with E-state index in [1.54, 1.807) is 30.3 Å². The van der Waals surface area contributed by atoms with Crippen molar-refractivity contribution < 1.29 is 14.7 Å². The van der Waals surface area contributed by atoms with Crippen molar-refractivity contribution in [1.29, 1.82) is 0 Å². The Kier molecular flexibility index (Phi) is 3.33. The molecule has 0 aromatic heterocycles. The van der Waals surface area contributed by atoms with E-state index in [9.17, 15) is 14.7 Å². The number of rotatable bonds is 3. The molecule has 0 saturated heterocycles. The average Bonchev–Trinajstić information content (AvgIpc) is 2.39. The molecule has 0 radical (unpaired) electrons. The van der Waals surface area contributed by atoms with E-state index in [2.05, 4.69) is 0 Å². The van der Waals surface area contributed by atoms with Crippen LogP contribution in [0.25, 0.3) is 0 Å². The molecular formula is C15H13NO3. The number of carbonyl (C=O) groups excluding carboxylic acids is 2. The van der Waals surface area contributed by atoms with Gasteiger partial charge in [0.2, 0.25) is 0 Å². The Morgan fingerprint density at radius 3 is 2.26 bits per heavy atom. The second-order valence-corrected chi connectivity index (χ2v) is 4.18. The van der Waals surface area contributed by atoms with E-state index in [0.29, 0.717) is 5.56 Å². The van der Waals surface area contributed by atoms with Gasteiger partial charge >= 0.3 is 0 Å². The maximum atomic E-state index is 12.2. The van der Waals surface area contributed by atoms with Gasteiger partial charge in [0.05, 0.1) is 11.1 Å². The Labute approximate surface area is 110 Å². The van der Waals surface area contributed by atoms with Crippen molar-refractivity contribution in [3.63, 3.8) is 0 Å². The van der Waals surface area contributed by atoms with Crippen molar-refractivity contribution in [2.75, 3.05) is 5.73 Å². The fourth-order valence-corrected chi connectivity index (χ4v) is 1.91. The molecule has 0 aliphatic carbocycles. The first kappa shape index (κ1) is 12.8. The van der Waals surface area contributed by atoms with Crippen LogP contribution in [-0.4, -0.2) is 16.7 Å². The summed E-state index contributed by atoms with van der Waals surface area (Å²) in [5.74, 6) is -1.08. The largest absolute Gasteiger partial charge is 0.506 e. The van der Waals surface area contributed by atoms with E-state index < -0.39 is 0 Å². The van der Waals surface area contributed by atoms with Crippen LogP contribution in [0.3, 0.4) is 0 Å². The molecule has 3 N–H and O–H groups in total. The number of hydrogen-bond donors (Lipinski definition) is 2. The van der Waals surface area contributed by atoms with E-state index >= 15 is 0 Å². The number of ketones is 2. The van der Waals surface area contributed by atoms with E-state index in [1.165, 1.54) is 19.1 Å². The molecule has 0 spiro atoms. The molecule has 0 heterocycles. The Balaban J connectivity index is 2.56. The number of hydrogen-bond acceptors (Lipinski definition) is 4. The van der Waals surface area contributed by atoms with Gasteiger partial charge in [-0.1, -0.05) is 30.3 Å². The summed E-state index contributed by atoms with van der Waals surface area (Å²) in [4.78, 5) is 23.7. The molecule has 0 aliphatic rings. The minimum Gasteiger partial charge on any atom is -0.506 e. The van der Waals surface area contributed by atoms with Crippen LogP contribution < -0.4 is 5.73 Å². The number of Topliss-reactive ketones (excluding diaryl/α,β-unsaturated/α-hetero) is 1. The van der Waals surface area contributed by atoms with Gasteiger partial charge in [0.15, 0.2) is 11.6 Å². The molecule has 4 heteroatoms. The first-order valence-electron chi connectivity index (χ1n) is 5.74. The number of aromatic hydroxyl groups is 1. The molecule has 0 bridgehead atoms. The molecule has 96 valence electrons. The summed E-state index contributed by atoms with van der Waals surface area (Å²) >= 11 is 0. The molecule has 0 unspecified atom stereocenters.